The molecule has 0 aliphatic carbocycles. The quantitative estimate of drug-likeness (QED) is 0.867. The first kappa shape index (κ1) is 13.1. The number of carbonyl (C=O) groups excluding carboxylic acids is 2. The van der Waals surface area contributed by atoms with Crippen molar-refractivity contribution in [2.45, 2.75) is 18.2 Å². The minimum absolute atomic E-state index is 0.0497. The zero-order valence-electron chi connectivity index (χ0n) is 10.1. The Hall–Kier alpha value is -1.36. The molecule has 0 aromatic heterocycles. The van der Waals surface area contributed by atoms with Gasteiger partial charge in [0.25, 0.3) is 5.91 Å². The second-order valence-corrected chi connectivity index (χ2v) is 5.48. The van der Waals surface area contributed by atoms with Crippen LogP contribution >= 0.6 is 15.9 Å². The molecule has 0 bridgehead atoms. The number of rotatable bonds is 3. The fraction of sp³-hybridized carbons (Fsp3) is 0.385. The molecule has 1 unspecified atom stereocenters. The summed E-state index contributed by atoms with van der Waals surface area (Å²) in [5, 5.41) is 2.76. The van der Waals surface area contributed by atoms with Gasteiger partial charge >= 0.3 is 0 Å². The van der Waals surface area contributed by atoms with E-state index < -0.39 is 0 Å². The third kappa shape index (κ3) is 2.56. The predicted octanol–water partition coefficient (Wildman–Crippen LogP) is 1.94. The van der Waals surface area contributed by atoms with Crippen molar-refractivity contribution in [2.75, 3.05) is 18.0 Å². The molecule has 1 heterocycles. The van der Waals surface area contributed by atoms with E-state index in [1.54, 1.807) is 17.0 Å². The van der Waals surface area contributed by atoms with Crippen molar-refractivity contribution in [3.8, 4) is 0 Å². The smallest absolute Gasteiger partial charge is 0.253 e. The number of carbonyl (C=O) groups is 2. The molecular formula is C13H15BrN2O2. The molecule has 1 aliphatic rings. The summed E-state index contributed by atoms with van der Waals surface area (Å²) in [5.74, 6) is -0.0902. The van der Waals surface area contributed by atoms with E-state index in [-0.39, 0.29) is 16.6 Å². The number of hydrogen-bond donors (Lipinski definition) is 1. The summed E-state index contributed by atoms with van der Waals surface area (Å²) in [6.07, 6.45) is 0.476. The molecule has 5 heteroatoms. The van der Waals surface area contributed by atoms with Crippen LogP contribution in [0.5, 0.6) is 0 Å². The van der Waals surface area contributed by atoms with Crippen molar-refractivity contribution in [2.24, 2.45) is 0 Å². The molecule has 0 saturated carbocycles. The van der Waals surface area contributed by atoms with Crippen LogP contribution < -0.4 is 10.2 Å². The van der Waals surface area contributed by atoms with E-state index in [2.05, 4.69) is 21.2 Å². The molecule has 1 N–H and O–H groups in total. The van der Waals surface area contributed by atoms with Crippen molar-refractivity contribution in [1.82, 2.24) is 5.32 Å². The summed E-state index contributed by atoms with van der Waals surface area (Å²) in [7, 11) is 0. The van der Waals surface area contributed by atoms with E-state index in [0.717, 1.165) is 0 Å². The average molecular weight is 311 g/mol. The van der Waals surface area contributed by atoms with Crippen LogP contribution in [0.4, 0.5) is 5.69 Å². The third-order valence-electron chi connectivity index (χ3n) is 2.85. The average Bonchev–Trinajstić information content (AvgIpc) is 2.69. The van der Waals surface area contributed by atoms with E-state index in [1.165, 1.54) is 0 Å². The standard InChI is InChI=1S/C13H15BrN2O2/c1-2-15-13(18)10-5-3-4-6-11(10)16-8-9(14)7-12(16)17/h3-6,9H,2,7-8H2,1H3,(H,15,18). The maximum absolute atomic E-state index is 11.9. The lowest BCUT2D eigenvalue weighted by Crippen LogP contribution is -2.30. The second kappa shape index (κ2) is 5.52. The topological polar surface area (TPSA) is 49.4 Å². The lowest BCUT2D eigenvalue weighted by molar-refractivity contribution is -0.117. The van der Waals surface area contributed by atoms with Crippen LogP contribution in [0.1, 0.15) is 23.7 Å². The zero-order chi connectivity index (χ0) is 13.1. The van der Waals surface area contributed by atoms with Crippen LogP contribution in [0, 0.1) is 0 Å². The molecular weight excluding hydrogens is 296 g/mol. The predicted molar refractivity (Wildman–Crippen MR) is 74.1 cm³/mol. The number of para-hydroxylation sites is 1. The molecule has 96 valence electrons. The molecule has 1 aromatic rings. The Bertz CT molecular complexity index is 476. The Morgan fingerprint density at radius 2 is 2.22 bits per heavy atom. The van der Waals surface area contributed by atoms with Gasteiger partial charge in [0.1, 0.15) is 0 Å². The number of amides is 2. The maximum Gasteiger partial charge on any atom is 0.253 e. The summed E-state index contributed by atoms with van der Waals surface area (Å²) in [6, 6.07) is 7.20. The van der Waals surface area contributed by atoms with Crippen molar-refractivity contribution >= 4 is 33.4 Å². The summed E-state index contributed by atoms with van der Waals surface area (Å²) < 4.78 is 0. The monoisotopic (exact) mass is 310 g/mol. The Labute approximate surface area is 114 Å². The number of halogens is 1. The number of anilines is 1. The fourth-order valence-electron chi connectivity index (χ4n) is 2.05. The molecule has 18 heavy (non-hydrogen) atoms. The van der Waals surface area contributed by atoms with Crippen LogP contribution in [-0.4, -0.2) is 29.7 Å². The zero-order valence-corrected chi connectivity index (χ0v) is 11.7. The normalized spacial score (nSPS) is 19.1. The third-order valence-corrected chi connectivity index (χ3v) is 3.47. The number of benzene rings is 1. The first-order valence-electron chi connectivity index (χ1n) is 5.95. The molecule has 0 radical (unpaired) electrons. The summed E-state index contributed by atoms with van der Waals surface area (Å²) in [4.78, 5) is 25.7. The van der Waals surface area contributed by atoms with E-state index in [1.807, 2.05) is 19.1 Å². The van der Waals surface area contributed by atoms with Gasteiger partial charge in [0.15, 0.2) is 0 Å². The second-order valence-electron chi connectivity index (χ2n) is 4.18. The van der Waals surface area contributed by atoms with Gasteiger partial charge in [-0.05, 0) is 19.1 Å². The first-order valence-corrected chi connectivity index (χ1v) is 6.86. The number of nitrogens with one attached hydrogen (secondary N) is 1. The number of hydrogen-bond acceptors (Lipinski definition) is 2. The Morgan fingerprint density at radius 1 is 1.50 bits per heavy atom. The van der Waals surface area contributed by atoms with Gasteiger partial charge in [0.2, 0.25) is 5.91 Å². The van der Waals surface area contributed by atoms with E-state index in [9.17, 15) is 9.59 Å². The number of alkyl halides is 1. The largest absolute Gasteiger partial charge is 0.352 e. The van der Waals surface area contributed by atoms with Crippen LogP contribution in [0.25, 0.3) is 0 Å². The molecule has 1 fully saturated rings. The Balaban J connectivity index is 2.33. The molecule has 2 amide bonds. The SMILES string of the molecule is CCNC(=O)c1ccccc1N1CC(Br)CC1=O. The van der Waals surface area contributed by atoms with Crippen LogP contribution in [-0.2, 0) is 4.79 Å². The molecule has 4 nitrogen and oxygen atoms in total. The lowest BCUT2D eigenvalue weighted by atomic mass is 10.1. The maximum atomic E-state index is 11.9. The van der Waals surface area contributed by atoms with Gasteiger partial charge in [-0.1, -0.05) is 28.1 Å². The molecule has 1 atom stereocenters. The van der Waals surface area contributed by atoms with Gasteiger partial charge in [-0.3, -0.25) is 9.59 Å². The molecule has 2 rings (SSSR count). The van der Waals surface area contributed by atoms with E-state index in [0.29, 0.717) is 30.8 Å². The summed E-state index contributed by atoms with van der Waals surface area (Å²) in [5.41, 5.74) is 1.24. The molecule has 1 aliphatic heterocycles. The van der Waals surface area contributed by atoms with Crippen LogP contribution in [0.3, 0.4) is 0 Å². The van der Waals surface area contributed by atoms with Gasteiger partial charge in [0.05, 0.1) is 11.3 Å². The van der Waals surface area contributed by atoms with Gasteiger partial charge in [-0.15, -0.1) is 0 Å². The Morgan fingerprint density at radius 3 is 2.83 bits per heavy atom. The van der Waals surface area contributed by atoms with Gasteiger partial charge in [0, 0.05) is 24.3 Å². The van der Waals surface area contributed by atoms with Gasteiger partial charge in [-0.25, -0.2) is 0 Å². The highest BCUT2D eigenvalue weighted by Gasteiger charge is 2.30. The van der Waals surface area contributed by atoms with Gasteiger partial charge in [-0.2, -0.15) is 0 Å². The van der Waals surface area contributed by atoms with E-state index in [4.69, 9.17) is 0 Å². The summed E-state index contributed by atoms with van der Waals surface area (Å²) in [6.45, 7) is 3.05. The van der Waals surface area contributed by atoms with Crippen molar-refractivity contribution < 1.29 is 9.59 Å². The first-order chi connectivity index (χ1) is 8.63. The van der Waals surface area contributed by atoms with Crippen LogP contribution in [0.2, 0.25) is 0 Å². The molecule has 1 saturated heterocycles. The highest BCUT2D eigenvalue weighted by molar-refractivity contribution is 9.09. The van der Waals surface area contributed by atoms with Gasteiger partial charge < -0.3 is 10.2 Å². The van der Waals surface area contributed by atoms with E-state index >= 15 is 0 Å². The minimum Gasteiger partial charge on any atom is -0.352 e. The molecule has 1 aromatic carbocycles. The summed E-state index contributed by atoms with van der Waals surface area (Å²) >= 11 is 3.45. The van der Waals surface area contributed by atoms with Crippen molar-refractivity contribution in [3.05, 3.63) is 29.8 Å². The highest BCUT2D eigenvalue weighted by atomic mass is 79.9. The minimum atomic E-state index is -0.140. The lowest BCUT2D eigenvalue weighted by Gasteiger charge is -2.19. The van der Waals surface area contributed by atoms with Crippen molar-refractivity contribution in [3.63, 3.8) is 0 Å². The van der Waals surface area contributed by atoms with Crippen molar-refractivity contribution in [1.29, 1.82) is 0 Å². The molecule has 0 spiro atoms. The Kier molecular flexibility index (Phi) is 4.01. The number of nitrogens with zero attached hydrogens (tertiary/aromatic N) is 1. The fourth-order valence-corrected chi connectivity index (χ4v) is 2.62. The van der Waals surface area contributed by atoms with Crippen LogP contribution in [0.15, 0.2) is 24.3 Å². The highest BCUT2D eigenvalue weighted by Crippen LogP contribution is 2.28.